The van der Waals surface area contributed by atoms with E-state index in [0.29, 0.717) is 12.8 Å². The molecule has 0 radical (unpaired) electrons. The van der Waals surface area contributed by atoms with Crippen LogP contribution in [0.5, 0.6) is 5.75 Å². The first kappa shape index (κ1) is 22.6. The van der Waals surface area contributed by atoms with Crippen LogP contribution in [0, 0.1) is 11.6 Å². The number of rotatable bonds is 6. The van der Waals surface area contributed by atoms with Crippen LogP contribution in [0.2, 0.25) is 0 Å². The third-order valence-corrected chi connectivity index (χ3v) is 6.18. The molecule has 10 nitrogen and oxygen atoms in total. The highest BCUT2D eigenvalue weighted by molar-refractivity contribution is 7.88. The van der Waals surface area contributed by atoms with Gasteiger partial charge in [-0.1, -0.05) is 0 Å². The average Bonchev–Trinajstić information content (AvgIpc) is 3.17. The Bertz CT molecular complexity index is 1100. The summed E-state index contributed by atoms with van der Waals surface area (Å²) in [6.45, 7) is 0.546. The maximum absolute atomic E-state index is 14.1. The molecule has 0 spiro atoms. The smallest absolute Gasteiger partial charge is 0.271 e. The number of hydrogen-bond donors (Lipinski definition) is 3. The summed E-state index contributed by atoms with van der Waals surface area (Å²) in [5.41, 5.74) is -0.778. The number of methoxy groups -OCH3 is 1. The highest BCUT2D eigenvalue weighted by atomic mass is 32.2. The highest BCUT2D eigenvalue weighted by Gasteiger charge is 2.28. The zero-order valence-corrected chi connectivity index (χ0v) is 17.6. The summed E-state index contributed by atoms with van der Waals surface area (Å²) in [5.74, 6) is -4.40. The van der Waals surface area contributed by atoms with Crippen LogP contribution >= 0.6 is 0 Å². The second kappa shape index (κ2) is 8.98. The lowest BCUT2D eigenvalue weighted by molar-refractivity contribution is 0.0919. The standard InChI is InChI=1S/C18H21F2N5O5S/c1-30-13-4-3-11(19)15(20)14(13)17(26)23-12-9-21-24-16(12)18(27)22-10-5-7-25(8-6-10)31(2,28)29/h3-4,9-10H,5-8H2,1-2H3,(H,21,24)(H,22,27)(H,23,26). The summed E-state index contributed by atoms with van der Waals surface area (Å²) in [7, 11) is -2.09. The van der Waals surface area contributed by atoms with E-state index in [1.165, 1.54) is 11.4 Å². The minimum atomic E-state index is -3.29. The lowest BCUT2D eigenvalue weighted by Gasteiger charge is -2.30. The molecule has 1 aliphatic heterocycles. The molecule has 1 saturated heterocycles. The average molecular weight is 457 g/mol. The van der Waals surface area contributed by atoms with Crippen molar-refractivity contribution in [2.45, 2.75) is 18.9 Å². The second-order valence-electron chi connectivity index (χ2n) is 6.96. The van der Waals surface area contributed by atoms with Crippen molar-refractivity contribution < 1.29 is 31.5 Å². The van der Waals surface area contributed by atoms with E-state index in [0.717, 1.165) is 24.6 Å². The topological polar surface area (TPSA) is 133 Å². The highest BCUT2D eigenvalue weighted by Crippen LogP contribution is 2.25. The van der Waals surface area contributed by atoms with Gasteiger partial charge in [0.05, 0.1) is 25.2 Å². The molecule has 31 heavy (non-hydrogen) atoms. The monoisotopic (exact) mass is 457 g/mol. The minimum absolute atomic E-state index is 0.0400. The molecule has 1 fully saturated rings. The number of aromatic nitrogens is 2. The molecule has 1 aromatic carbocycles. The fourth-order valence-electron chi connectivity index (χ4n) is 3.24. The van der Waals surface area contributed by atoms with Gasteiger partial charge in [-0.3, -0.25) is 14.7 Å². The Balaban J connectivity index is 1.70. The van der Waals surface area contributed by atoms with Crippen molar-refractivity contribution in [3.05, 3.63) is 41.2 Å². The number of anilines is 1. The van der Waals surface area contributed by atoms with E-state index in [1.54, 1.807) is 0 Å². The maximum Gasteiger partial charge on any atom is 0.271 e. The van der Waals surface area contributed by atoms with Gasteiger partial charge in [0.15, 0.2) is 11.6 Å². The first-order valence-electron chi connectivity index (χ1n) is 9.24. The van der Waals surface area contributed by atoms with Gasteiger partial charge >= 0.3 is 0 Å². The summed E-state index contributed by atoms with van der Waals surface area (Å²) >= 11 is 0. The largest absolute Gasteiger partial charge is 0.496 e. The van der Waals surface area contributed by atoms with Gasteiger partial charge in [-0.25, -0.2) is 21.5 Å². The Morgan fingerprint density at radius 2 is 1.90 bits per heavy atom. The number of piperidine rings is 1. The van der Waals surface area contributed by atoms with Gasteiger partial charge in [-0.2, -0.15) is 5.10 Å². The van der Waals surface area contributed by atoms with Gasteiger partial charge in [-0.05, 0) is 25.0 Å². The van der Waals surface area contributed by atoms with Crippen molar-refractivity contribution in [3.8, 4) is 5.75 Å². The number of nitrogens with zero attached hydrogens (tertiary/aromatic N) is 2. The predicted octanol–water partition coefficient (Wildman–Crippen LogP) is 1.10. The van der Waals surface area contributed by atoms with E-state index in [4.69, 9.17) is 4.74 Å². The Morgan fingerprint density at radius 3 is 2.52 bits per heavy atom. The quantitative estimate of drug-likeness (QED) is 0.595. The number of H-pyrrole nitrogens is 1. The Labute approximate surface area is 177 Å². The summed E-state index contributed by atoms with van der Waals surface area (Å²) in [6.07, 6.45) is 3.12. The third kappa shape index (κ3) is 4.99. The number of nitrogens with one attached hydrogen (secondary N) is 3. The van der Waals surface area contributed by atoms with E-state index in [2.05, 4.69) is 20.8 Å². The molecule has 2 aromatic rings. The number of carbonyl (C=O) groups is 2. The van der Waals surface area contributed by atoms with Gasteiger partial charge in [0.1, 0.15) is 17.0 Å². The van der Waals surface area contributed by atoms with Crippen LogP contribution in [0.3, 0.4) is 0 Å². The van der Waals surface area contributed by atoms with Crippen molar-refractivity contribution in [2.24, 2.45) is 0 Å². The molecular weight excluding hydrogens is 436 g/mol. The molecule has 3 N–H and O–H groups in total. The molecule has 0 saturated carbocycles. The van der Waals surface area contributed by atoms with Crippen molar-refractivity contribution in [2.75, 3.05) is 31.8 Å². The SMILES string of the molecule is COc1ccc(F)c(F)c1C(=O)Nc1cn[nH]c1C(=O)NC1CCN(S(C)(=O)=O)CC1. The predicted molar refractivity (Wildman–Crippen MR) is 106 cm³/mol. The number of ether oxygens (including phenoxy) is 1. The molecule has 0 atom stereocenters. The molecule has 2 heterocycles. The van der Waals surface area contributed by atoms with Gasteiger partial charge < -0.3 is 15.4 Å². The minimum Gasteiger partial charge on any atom is -0.496 e. The van der Waals surface area contributed by atoms with Crippen molar-refractivity contribution in [1.29, 1.82) is 0 Å². The lowest BCUT2D eigenvalue weighted by Crippen LogP contribution is -2.46. The van der Waals surface area contributed by atoms with Gasteiger partial charge in [0.25, 0.3) is 11.8 Å². The third-order valence-electron chi connectivity index (χ3n) is 4.88. The Hall–Kier alpha value is -3.06. The molecule has 0 bridgehead atoms. The number of amides is 2. The van der Waals surface area contributed by atoms with E-state index < -0.39 is 39.0 Å². The Morgan fingerprint density at radius 1 is 1.23 bits per heavy atom. The lowest BCUT2D eigenvalue weighted by atomic mass is 10.1. The van der Waals surface area contributed by atoms with Crippen LogP contribution in [0.4, 0.5) is 14.5 Å². The van der Waals surface area contributed by atoms with Crippen LogP contribution < -0.4 is 15.4 Å². The second-order valence-corrected chi connectivity index (χ2v) is 8.94. The number of aromatic amines is 1. The van der Waals surface area contributed by atoms with Crippen LogP contribution in [-0.2, 0) is 10.0 Å². The molecule has 168 valence electrons. The molecule has 2 amide bonds. The van der Waals surface area contributed by atoms with E-state index in [1.807, 2.05) is 0 Å². The number of carbonyl (C=O) groups excluding carboxylic acids is 2. The van der Waals surface area contributed by atoms with Gasteiger partial charge in [-0.15, -0.1) is 0 Å². The number of sulfonamides is 1. The first-order chi connectivity index (χ1) is 14.6. The van der Waals surface area contributed by atoms with E-state index in [-0.39, 0.29) is 36.3 Å². The van der Waals surface area contributed by atoms with Crippen molar-refractivity contribution in [1.82, 2.24) is 19.8 Å². The number of hydrogen-bond acceptors (Lipinski definition) is 6. The number of halogens is 2. The first-order valence-corrected chi connectivity index (χ1v) is 11.1. The van der Waals surface area contributed by atoms with Crippen molar-refractivity contribution in [3.63, 3.8) is 0 Å². The van der Waals surface area contributed by atoms with Crippen LogP contribution in [0.1, 0.15) is 33.7 Å². The molecular formula is C18H21F2N5O5S. The van der Waals surface area contributed by atoms with Crippen LogP contribution in [0.15, 0.2) is 18.3 Å². The van der Waals surface area contributed by atoms with E-state index >= 15 is 0 Å². The van der Waals surface area contributed by atoms with E-state index in [9.17, 15) is 26.8 Å². The zero-order chi connectivity index (χ0) is 22.8. The molecule has 0 aliphatic carbocycles. The molecule has 3 rings (SSSR count). The summed E-state index contributed by atoms with van der Waals surface area (Å²) in [6, 6.07) is 1.66. The van der Waals surface area contributed by atoms with Crippen LogP contribution in [-0.4, -0.2) is 67.2 Å². The fraction of sp³-hybridized carbons (Fsp3) is 0.389. The fourth-order valence-corrected chi connectivity index (χ4v) is 4.12. The summed E-state index contributed by atoms with van der Waals surface area (Å²) in [5, 5.41) is 11.3. The Kier molecular flexibility index (Phi) is 6.55. The number of benzene rings is 1. The van der Waals surface area contributed by atoms with Gasteiger partial charge in [0, 0.05) is 19.1 Å². The summed E-state index contributed by atoms with van der Waals surface area (Å²) in [4.78, 5) is 25.1. The van der Waals surface area contributed by atoms with Crippen LogP contribution in [0.25, 0.3) is 0 Å². The van der Waals surface area contributed by atoms with Gasteiger partial charge in [0.2, 0.25) is 10.0 Å². The molecule has 1 aliphatic rings. The van der Waals surface area contributed by atoms with Crippen molar-refractivity contribution >= 4 is 27.5 Å². The zero-order valence-electron chi connectivity index (χ0n) is 16.7. The normalized spacial score (nSPS) is 15.5. The molecule has 0 unspecified atom stereocenters. The molecule has 1 aromatic heterocycles. The summed E-state index contributed by atoms with van der Waals surface area (Å²) < 4.78 is 57.1. The molecule has 13 heteroatoms. The maximum atomic E-state index is 14.1.